The molecule has 2 rings (SSSR count). The van der Waals surface area contributed by atoms with E-state index < -0.39 is 11.6 Å². The van der Waals surface area contributed by atoms with E-state index in [4.69, 9.17) is 18.9 Å². The number of rotatable bonds is 6. The van der Waals surface area contributed by atoms with Crippen molar-refractivity contribution in [2.24, 2.45) is 0 Å². The van der Waals surface area contributed by atoms with Gasteiger partial charge in [0.05, 0.1) is 30.9 Å². The summed E-state index contributed by atoms with van der Waals surface area (Å²) in [4.78, 5) is 23.7. The molecule has 1 N–H and O–H groups in total. The highest BCUT2D eigenvalue weighted by molar-refractivity contribution is 5.89. The van der Waals surface area contributed by atoms with Crippen LogP contribution in [0.25, 0.3) is 0 Å². The Bertz CT molecular complexity index is 551. The van der Waals surface area contributed by atoms with Crippen molar-refractivity contribution in [1.82, 2.24) is 5.32 Å². The molecule has 24 heavy (non-hydrogen) atoms. The van der Waals surface area contributed by atoms with E-state index in [-0.39, 0.29) is 12.8 Å². The summed E-state index contributed by atoms with van der Waals surface area (Å²) in [6.45, 7) is 5.16. The first-order chi connectivity index (χ1) is 11.5. The van der Waals surface area contributed by atoms with Crippen LogP contribution in [0.2, 0.25) is 0 Å². The summed E-state index contributed by atoms with van der Waals surface area (Å²) < 4.78 is 20.7. The van der Waals surface area contributed by atoms with E-state index in [9.17, 15) is 9.59 Å². The molecule has 1 heterocycles. The number of carbonyl (C=O) groups excluding carboxylic acids is 2. The molecule has 7 nitrogen and oxygen atoms in total. The number of amides is 1. The van der Waals surface area contributed by atoms with E-state index in [0.717, 1.165) is 12.8 Å². The van der Waals surface area contributed by atoms with E-state index in [1.165, 1.54) is 0 Å². The van der Waals surface area contributed by atoms with Crippen molar-refractivity contribution >= 4 is 12.1 Å². The number of nitrogens with one attached hydrogen (secondary N) is 1. The monoisotopic (exact) mass is 337 g/mol. The van der Waals surface area contributed by atoms with E-state index in [0.29, 0.717) is 31.1 Å². The first-order valence-corrected chi connectivity index (χ1v) is 7.95. The molecular formula is C17H23NO6. The van der Waals surface area contributed by atoms with Gasteiger partial charge in [-0.15, -0.1) is 0 Å². The SMILES string of the molecule is CCCCOC(=O)c1ccc(OC(=O)NC2(C)COCOC2)cc1. The largest absolute Gasteiger partial charge is 0.462 e. The van der Waals surface area contributed by atoms with Gasteiger partial charge in [-0.2, -0.15) is 0 Å². The van der Waals surface area contributed by atoms with Crippen LogP contribution in [0.1, 0.15) is 37.0 Å². The quantitative estimate of drug-likeness (QED) is 0.634. The minimum absolute atomic E-state index is 0.224. The lowest BCUT2D eigenvalue weighted by Gasteiger charge is -2.33. The zero-order chi connectivity index (χ0) is 17.4. The second-order valence-electron chi connectivity index (χ2n) is 5.90. The van der Waals surface area contributed by atoms with Gasteiger partial charge in [-0.25, -0.2) is 9.59 Å². The minimum Gasteiger partial charge on any atom is -0.462 e. The van der Waals surface area contributed by atoms with E-state index in [2.05, 4.69) is 5.32 Å². The van der Waals surface area contributed by atoms with Gasteiger partial charge in [0, 0.05) is 0 Å². The highest BCUT2D eigenvalue weighted by Gasteiger charge is 2.31. The maximum Gasteiger partial charge on any atom is 0.413 e. The molecule has 1 fully saturated rings. The van der Waals surface area contributed by atoms with Crippen LogP contribution in [0.4, 0.5) is 4.79 Å². The van der Waals surface area contributed by atoms with Gasteiger partial charge >= 0.3 is 12.1 Å². The third kappa shape index (κ3) is 5.50. The number of carbonyl (C=O) groups is 2. The molecule has 7 heteroatoms. The van der Waals surface area contributed by atoms with Crippen molar-refractivity contribution in [3.8, 4) is 5.75 Å². The Labute approximate surface area is 141 Å². The van der Waals surface area contributed by atoms with Crippen LogP contribution in [0.5, 0.6) is 5.75 Å². The van der Waals surface area contributed by atoms with Crippen molar-refractivity contribution in [2.45, 2.75) is 32.2 Å². The molecule has 1 aromatic carbocycles. The van der Waals surface area contributed by atoms with Crippen LogP contribution < -0.4 is 10.1 Å². The lowest BCUT2D eigenvalue weighted by atomic mass is 10.1. The van der Waals surface area contributed by atoms with Crippen molar-refractivity contribution < 1.29 is 28.5 Å². The van der Waals surface area contributed by atoms with Crippen LogP contribution in [0, 0.1) is 0 Å². The Hall–Kier alpha value is -2.12. The second kappa shape index (κ2) is 8.65. The number of hydrogen-bond acceptors (Lipinski definition) is 6. The maximum atomic E-state index is 11.9. The topological polar surface area (TPSA) is 83.1 Å². The number of ether oxygens (including phenoxy) is 4. The molecule has 0 aromatic heterocycles. The molecule has 1 saturated heterocycles. The smallest absolute Gasteiger partial charge is 0.413 e. The zero-order valence-electron chi connectivity index (χ0n) is 14.0. The summed E-state index contributed by atoms with van der Waals surface area (Å²) in [5.74, 6) is -0.0534. The molecule has 0 unspecified atom stereocenters. The van der Waals surface area contributed by atoms with Gasteiger partial charge in [-0.05, 0) is 37.6 Å². The third-order valence-electron chi connectivity index (χ3n) is 3.44. The van der Waals surface area contributed by atoms with Crippen molar-refractivity contribution in [3.05, 3.63) is 29.8 Å². The first kappa shape index (κ1) is 18.2. The van der Waals surface area contributed by atoms with E-state index >= 15 is 0 Å². The fourth-order valence-electron chi connectivity index (χ4n) is 2.14. The fourth-order valence-corrected chi connectivity index (χ4v) is 2.14. The molecule has 0 bridgehead atoms. The maximum absolute atomic E-state index is 11.9. The van der Waals surface area contributed by atoms with E-state index in [1.807, 2.05) is 13.8 Å². The average molecular weight is 337 g/mol. The lowest BCUT2D eigenvalue weighted by molar-refractivity contribution is -0.136. The van der Waals surface area contributed by atoms with Gasteiger partial charge in [-0.3, -0.25) is 0 Å². The van der Waals surface area contributed by atoms with Crippen LogP contribution in [-0.4, -0.2) is 44.2 Å². The summed E-state index contributed by atoms with van der Waals surface area (Å²) in [6.07, 6.45) is 1.19. The van der Waals surface area contributed by atoms with Crippen LogP contribution in [0.3, 0.4) is 0 Å². The third-order valence-corrected chi connectivity index (χ3v) is 3.44. The average Bonchev–Trinajstić information content (AvgIpc) is 2.55. The molecule has 1 aliphatic heterocycles. The van der Waals surface area contributed by atoms with Crippen LogP contribution in [0.15, 0.2) is 24.3 Å². The normalized spacial score (nSPS) is 16.2. The zero-order valence-corrected chi connectivity index (χ0v) is 14.0. The molecular weight excluding hydrogens is 314 g/mol. The Morgan fingerprint density at radius 1 is 1.21 bits per heavy atom. The number of unbranched alkanes of at least 4 members (excludes halogenated alkanes) is 1. The Balaban J connectivity index is 1.84. The van der Waals surface area contributed by atoms with Gasteiger partial charge in [0.2, 0.25) is 0 Å². The molecule has 1 amide bonds. The first-order valence-electron chi connectivity index (χ1n) is 7.95. The molecule has 0 radical (unpaired) electrons. The standard InChI is InChI=1S/C17H23NO6/c1-3-4-9-23-15(19)13-5-7-14(8-6-13)24-16(20)18-17(2)10-21-12-22-11-17/h5-8H,3-4,9-12H2,1-2H3,(H,18,20). The second-order valence-corrected chi connectivity index (χ2v) is 5.90. The molecule has 0 saturated carbocycles. The summed E-state index contributed by atoms with van der Waals surface area (Å²) in [6, 6.07) is 6.22. The number of esters is 1. The predicted octanol–water partition coefficient (Wildman–Crippen LogP) is 2.49. The number of benzene rings is 1. The number of hydrogen-bond donors (Lipinski definition) is 1. The summed E-state index contributed by atoms with van der Waals surface area (Å²) in [5, 5.41) is 2.71. The van der Waals surface area contributed by atoms with Gasteiger partial charge in [-0.1, -0.05) is 13.3 Å². The molecule has 1 aliphatic rings. The summed E-state index contributed by atoms with van der Waals surface area (Å²) in [5.41, 5.74) is -0.210. The lowest BCUT2D eigenvalue weighted by Crippen LogP contribution is -2.56. The molecule has 0 aliphatic carbocycles. The van der Waals surface area contributed by atoms with Gasteiger partial charge in [0.1, 0.15) is 12.5 Å². The highest BCUT2D eigenvalue weighted by atomic mass is 16.7. The molecule has 0 atom stereocenters. The molecule has 1 aromatic rings. The van der Waals surface area contributed by atoms with Crippen LogP contribution in [-0.2, 0) is 14.2 Å². The summed E-state index contributed by atoms with van der Waals surface area (Å²) >= 11 is 0. The predicted molar refractivity (Wildman–Crippen MR) is 86.0 cm³/mol. The minimum atomic E-state index is -0.627. The highest BCUT2D eigenvalue weighted by Crippen LogP contribution is 2.15. The van der Waals surface area contributed by atoms with E-state index in [1.54, 1.807) is 24.3 Å². The Morgan fingerprint density at radius 3 is 2.50 bits per heavy atom. The van der Waals surface area contributed by atoms with Gasteiger partial charge in [0.25, 0.3) is 0 Å². The molecule has 0 spiro atoms. The fraction of sp³-hybridized carbons (Fsp3) is 0.529. The van der Waals surface area contributed by atoms with Gasteiger partial charge < -0.3 is 24.3 Å². The summed E-state index contributed by atoms with van der Waals surface area (Å²) in [7, 11) is 0. The van der Waals surface area contributed by atoms with Crippen molar-refractivity contribution in [2.75, 3.05) is 26.6 Å². The molecule has 132 valence electrons. The Kier molecular flexibility index (Phi) is 6.57. The van der Waals surface area contributed by atoms with Crippen molar-refractivity contribution in [1.29, 1.82) is 0 Å². The van der Waals surface area contributed by atoms with Crippen LogP contribution >= 0.6 is 0 Å². The van der Waals surface area contributed by atoms with Crippen molar-refractivity contribution in [3.63, 3.8) is 0 Å². The Morgan fingerprint density at radius 2 is 1.88 bits per heavy atom. The van der Waals surface area contributed by atoms with Gasteiger partial charge in [0.15, 0.2) is 0 Å².